The topological polar surface area (TPSA) is 55.8 Å². The smallest absolute Gasteiger partial charge is 0.243 e. The van der Waals surface area contributed by atoms with Gasteiger partial charge in [0.25, 0.3) is 0 Å². The number of rotatable bonds is 3. The van der Waals surface area contributed by atoms with Gasteiger partial charge in [0, 0.05) is 18.1 Å². The van der Waals surface area contributed by atoms with Gasteiger partial charge in [-0.1, -0.05) is 17.7 Å². The molecule has 1 unspecified atom stereocenters. The molecule has 1 saturated heterocycles. The molecule has 2 aromatic rings. The summed E-state index contributed by atoms with van der Waals surface area (Å²) in [6, 6.07) is 12.1. The third kappa shape index (κ3) is 2.75. The summed E-state index contributed by atoms with van der Waals surface area (Å²) in [6.45, 7) is 1.20. The van der Waals surface area contributed by atoms with Gasteiger partial charge in [-0.2, -0.15) is 4.31 Å². The Bertz CT molecular complexity index is 867. The fraction of sp³-hybridized carbons (Fsp3) is 0.294. The summed E-state index contributed by atoms with van der Waals surface area (Å²) >= 11 is 5.84. The second-order valence-corrected chi connectivity index (χ2v) is 8.29. The second kappa shape index (κ2) is 5.95. The minimum Gasteiger partial charge on any atom is -0.454 e. The molecule has 126 valence electrons. The predicted octanol–water partition coefficient (Wildman–Crippen LogP) is 3.25. The van der Waals surface area contributed by atoms with E-state index in [9.17, 15) is 8.42 Å². The van der Waals surface area contributed by atoms with Crippen LogP contribution in [0.3, 0.4) is 0 Å². The molecule has 0 aromatic heterocycles. The fourth-order valence-corrected chi connectivity index (χ4v) is 4.77. The molecule has 0 spiro atoms. The summed E-state index contributed by atoms with van der Waals surface area (Å²) in [5, 5.41) is 0.522. The van der Waals surface area contributed by atoms with E-state index in [1.54, 1.807) is 24.3 Å². The van der Waals surface area contributed by atoms with Gasteiger partial charge in [0.05, 0.1) is 4.90 Å². The van der Waals surface area contributed by atoms with Gasteiger partial charge in [-0.3, -0.25) is 0 Å². The molecule has 0 radical (unpaired) electrons. The summed E-state index contributed by atoms with van der Waals surface area (Å²) in [5.74, 6) is 1.62. The van der Waals surface area contributed by atoms with Crippen LogP contribution >= 0.6 is 11.6 Å². The van der Waals surface area contributed by atoms with Crippen molar-refractivity contribution in [2.24, 2.45) is 0 Å². The molecule has 0 aliphatic carbocycles. The zero-order valence-corrected chi connectivity index (χ0v) is 14.4. The zero-order valence-electron chi connectivity index (χ0n) is 12.8. The largest absolute Gasteiger partial charge is 0.454 e. The SMILES string of the molecule is O=S(=O)(c1ccc(Cl)cc1)N1CCC(c2ccc3c(c2)OCO3)C1. The van der Waals surface area contributed by atoms with Crippen molar-refractivity contribution in [1.29, 1.82) is 0 Å². The Morgan fingerprint density at radius 2 is 1.79 bits per heavy atom. The standard InChI is InChI=1S/C17H16ClNO4S/c18-14-2-4-15(5-3-14)24(20,21)19-8-7-13(10-19)12-1-6-16-17(9-12)23-11-22-16/h1-6,9,13H,7-8,10-11H2. The van der Waals surface area contributed by atoms with Crippen LogP contribution in [0.25, 0.3) is 0 Å². The van der Waals surface area contributed by atoms with Gasteiger partial charge < -0.3 is 9.47 Å². The first-order valence-corrected chi connectivity index (χ1v) is 9.51. The van der Waals surface area contributed by atoms with E-state index in [0.29, 0.717) is 18.1 Å². The van der Waals surface area contributed by atoms with E-state index in [1.165, 1.54) is 4.31 Å². The van der Waals surface area contributed by atoms with E-state index in [4.69, 9.17) is 21.1 Å². The highest BCUT2D eigenvalue weighted by molar-refractivity contribution is 7.89. The minimum absolute atomic E-state index is 0.154. The highest BCUT2D eigenvalue weighted by Gasteiger charge is 2.33. The third-order valence-electron chi connectivity index (χ3n) is 4.47. The highest BCUT2D eigenvalue weighted by atomic mass is 35.5. The maximum atomic E-state index is 12.7. The van der Waals surface area contributed by atoms with Crippen molar-refractivity contribution in [3.63, 3.8) is 0 Å². The van der Waals surface area contributed by atoms with E-state index in [-0.39, 0.29) is 17.6 Å². The summed E-state index contributed by atoms with van der Waals surface area (Å²) in [6.07, 6.45) is 0.784. The lowest BCUT2D eigenvalue weighted by Gasteiger charge is -2.17. The molecule has 1 atom stereocenters. The van der Waals surface area contributed by atoms with Crippen LogP contribution in [0.4, 0.5) is 0 Å². The highest BCUT2D eigenvalue weighted by Crippen LogP contribution is 2.38. The molecule has 1 fully saturated rings. The normalized spacial score (nSPS) is 20.5. The maximum absolute atomic E-state index is 12.7. The summed E-state index contributed by atoms with van der Waals surface area (Å²) in [4.78, 5) is 0.276. The molecule has 2 heterocycles. The van der Waals surface area contributed by atoms with Gasteiger partial charge >= 0.3 is 0 Å². The fourth-order valence-electron chi connectivity index (χ4n) is 3.14. The average Bonchev–Trinajstić information content (AvgIpc) is 3.24. The minimum atomic E-state index is -3.49. The van der Waals surface area contributed by atoms with Crippen LogP contribution in [0.2, 0.25) is 5.02 Å². The number of fused-ring (bicyclic) bond motifs is 1. The van der Waals surface area contributed by atoms with Crippen molar-refractivity contribution in [1.82, 2.24) is 4.31 Å². The van der Waals surface area contributed by atoms with Crippen LogP contribution in [0.1, 0.15) is 17.9 Å². The Labute approximate surface area is 145 Å². The lowest BCUT2D eigenvalue weighted by atomic mass is 9.98. The van der Waals surface area contributed by atoms with E-state index in [2.05, 4.69) is 0 Å². The number of ether oxygens (including phenoxy) is 2. The van der Waals surface area contributed by atoms with Gasteiger partial charge in [-0.15, -0.1) is 0 Å². The van der Waals surface area contributed by atoms with Crippen LogP contribution in [0, 0.1) is 0 Å². The van der Waals surface area contributed by atoms with Crippen molar-refractivity contribution < 1.29 is 17.9 Å². The van der Waals surface area contributed by atoms with Crippen molar-refractivity contribution >= 4 is 21.6 Å². The van der Waals surface area contributed by atoms with Gasteiger partial charge in [0.2, 0.25) is 16.8 Å². The zero-order chi connectivity index (χ0) is 16.7. The molecule has 2 aromatic carbocycles. The first kappa shape index (κ1) is 15.7. The van der Waals surface area contributed by atoms with Gasteiger partial charge in [-0.05, 0) is 54.3 Å². The van der Waals surface area contributed by atoms with Crippen LogP contribution in [-0.4, -0.2) is 32.6 Å². The second-order valence-electron chi connectivity index (χ2n) is 5.92. The maximum Gasteiger partial charge on any atom is 0.243 e. The first-order valence-electron chi connectivity index (χ1n) is 7.69. The van der Waals surface area contributed by atoms with Crippen molar-refractivity contribution in [2.45, 2.75) is 17.2 Å². The molecule has 2 aliphatic rings. The molecule has 2 aliphatic heterocycles. The quantitative estimate of drug-likeness (QED) is 0.837. The van der Waals surface area contributed by atoms with Crippen molar-refractivity contribution in [2.75, 3.05) is 19.9 Å². The summed E-state index contributed by atoms with van der Waals surface area (Å²) in [7, 11) is -3.49. The van der Waals surface area contributed by atoms with E-state index < -0.39 is 10.0 Å². The van der Waals surface area contributed by atoms with Crippen molar-refractivity contribution in [3.05, 3.63) is 53.1 Å². The van der Waals surface area contributed by atoms with E-state index in [1.807, 2.05) is 18.2 Å². The molecule has 0 bridgehead atoms. The van der Waals surface area contributed by atoms with Gasteiger partial charge in [0.1, 0.15) is 0 Å². The molecule has 0 saturated carbocycles. The lowest BCUT2D eigenvalue weighted by molar-refractivity contribution is 0.174. The molecular formula is C17H16ClNO4S. The molecule has 0 amide bonds. The Morgan fingerprint density at radius 3 is 2.58 bits per heavy atom. The molecule has 7 heteroatoms. The molecule has 4 rings (SSSR count). The number of nitrogens with zero attached hydrogens (tertiary/aromatic N) is 1. The number of sulfonamides is 1. The van der Waals surface area contributed by atoms with E-state index in [0.717, 1.165) is 23.5 Å². The lowest BCUT2D eigenvalue weighted by Crippen LogP contribution is -2.28. The third-order valence-corrected chi connectivity index (χ3v) is 6.60. The van der Waals surface area contributed by atoms with E-state index >= 15 is 0 Å². The molecule has 0 N–H and O–H groups in total. The van der Waals surface area contributed by atoms with Crippen LogP contribution in [0.15, 0.2) is 47.4 Å². The number of hydrogen-bond donors (Lipinski definition) is 0. The molecular weight excluding hydrogens is 350 g/mol. The monoisotopic (exact) mass is 365 g/mol. The number of hydrogen-bond acceptors (Lipinski definition) is 4. The summed E-state index contributed by atoms with van der Waals surface area (Å²) < 4.78 is 37.8. The Morgan fingerprint density at radius 1 is 1.04 bits per heavy atom. The summed E-state index contributed by atoms with van der Waals surface area (Å²) in [5.41, 5.74) is 1.08. The van der Waals surface area contributed by atoms with Crippen LogP contribution in [0.5, 0.6) is 11.5 Å². The van der Waals surface area contributed by atoms with Crippen molar-refractivity contribution in [3.8, 4) is 11.5 Å². The van der Waals surface area contributed by atoms with Crippen LogP contribution < -0.4 is 9.47 Å². The Balaban J connectivity index is 1.55. The Hall–Kier alpha value is -1.76. The Kier molecular flexibility index (Phi) is 3.90. The van der Waals surface area contributed by atoms with Gasteiger partial charge in [-0.25, -0.2) is 8.42 Å². The number of halogens is 1. The first-order chi connectivity index (χ1) is 11.5. The number of benzene rings is 2. The average molecular weight is 366 g/mol. The van der Waals surface area contributed by atoms with Gasteiger partial charge in [0.15, 0.2) is 11.5 Å². The van der Waals surface area contributed by atoms with Crippen LogP contribution in [-0.2, 0) is 10.0 Å². The predicted molar refractivity (Wildman–Crippen MR) is 90.1 cm³/mol. The molecule has 24 heavy (non-hydrogen) atoms. The molecule has 5 nitrogen and oxygen atoms in total.